The Labute approximate surface area is 166 Å². The van der Waals surface area contributed by atoms with Crippen LogP contribution in [0.4, 0.5) is 5.69 Å². The minimum Gasteiger partial charge on any atom is -0.497 e. The lowest BCUT2D eigenvalue weighted by Crippen LogP contribution is -2.35. The van der Waals surface area contributed by atoms with Crippen molar-refractivity contribution in [3.05, 3.63) is 54.1 Å². The van der Waals surface area contributed by atoms with Crippen molar-refractivity contribution in [1.29, 1.82) is 0 Å². The Morgan fingerprint density at radius 2 is 1.71 bits per heavy atom. The molecule has 0 radical (unpaired) electrons. The maximum absolute atomic E-state index is 12.7. The summed E-state index contributed by atoms with van der Waals surface area (Å²) in [6.07, 6.45) is 2.94. The van der Waals surface area contributed by atoms with E-state index in [4.69, 9.17) is 10.5 Å². The minimum absolute atomic E-state index is 0.287. The third-order valence-corrected chi connectivity index (χ3v) is 6.58. The fourth-order valence-electron chi connectivity index (χ4n) is 3.06. The number of aliphatic imine (C=N–C) groups is 1. The van der Waals surface area contributed by atoms with E-state index >= 15 is 0 Å². The number of nitrogens with zero attached hydrogens (tertiary/aromatic N) is 2. The van der Waals surface area contributed by atoms with Gasteiger partial charge in [-0.05, 0) is 54.8 Å². The highest BCUT2D eigenvalue weighted by Gasteiger charge is 2.25. The number of benzene rings is 2. The molecular formula is C20H26N4O3S. The molecule has 0 amide bonds. The first-order chi connectivity index (χ1) is 13.5. The third kappa shape index (κ3) is 5.02. The van der Waals surface area contributed by atoms with Crippen LogP contribution in [0.3, 0.4) is 0 Å². The minimum atomic E-state index is -3.41. The first kappa shape index (κ1) is 20.2. The van der Waals surface area contributed by atoms with E-state index in [9.17, 15) is 8.42 Å². The predicted molar refractivity (Wildman–Crippen MR) is 111 cm³/mol. The summed E-state index contributed by atoms with van der Waals surface area (Å²) >= 11 is 0. The molecule has 1 saturated heterocycles. The molecule has 0 aromatic heterocycles. The molecule has 0 atom stereocenters. The zero-order chi connectivity index (χ0) is 20.0. The van der Waals surface area contributed by atoms with Gasteiger partial charge in [-0.1, -0.05) is 18.6 Å². The number of methoxy groups -OCH3 is 1. The van der Waals surface area contributed by atoms with Gasteiger partial charge in [0.05, 0.1) is 18.6 Å². The number of nitrogens with two attached hydrogens (primary N) is 1. The second-order valence-electron chi connectivity index (χ2n) is 6.66. The Morgan fingerprint density at radius 3 is 2.32 bits per heavy atom. The van der Waals surface area contributed by atoms with Crippen molar-refractivity contribution in [1.82, 2.24) is 4.31 Å². The van der Waals surface area contributed by atoms with Crippen molar-refractivity contribution in [3.8, 4) is 5.75 Å². The van der Waals surface area contributed by atoms with Gasteiger partial charge in [-0.15, -0.1) is 0 Å². The van der Waals surface area contributed by atoms with Crippen molar-refractivity contribution < 1.29 is 13.2 Å². The lowest BCUT2D eigenvalue weighted by molar-refractivity contribution is 0.346. The Morgan fingerprint density at radius 1 is 1.07 bits per heavy atom. The first-order valence-corrected chi connectivity index (χ1v) is 10.7. The topological polar surface area (TPSA) is 97.0 Å². The Kier molecular flexibility index (Phi) is 6.53. The van der Waals surface area contributed by atoms with Gasteiger partial charge in [0.15, 0.2) is 5.96 Å². The normalized spacial score (nSPS) is 16.0. The van der Waals surface area contributed by atoms with Crippen LogP contribution in [0.1, 0.15) is 24.8 Å². The summed E-state index contributed by atoms with van der Waals surface area (Å²) in [4.78, 5) is 4.63. The van der Waals surface area contributed by atoms with Crippen LogP contribution in [-0.4, -0.2) is 38.9 Å². The van der Waals surface area contributed by atoms with Gasteiger partial charge in [-0.25, -0.2) is 13.4 Å². The highest BCUT2D eigenvalue weighted by atomic mass is 32.2. The van der Waals surface area contributed by atoms with E-state index in [1.807, 2.05) is 24.3 Å². The number of hydrogen-bond donors (Lipinski definition) is 2. The molecule has 8 heteroatoms. The Hall–Kier alpha value is -2.58. The van der Waals surface area contributed by atoms with Crippen molar-refractivity contribution in [2.45, 2.75) is 30.7 Å². The number of ether oxygens (including phenoxy) is 1. The molecule has 3 N–H and O–H groups in total. The van der Waals surface area contributed by atoms with Gasteiger partial charge in [-0.3, -0.25) is 0 Å². The molecule has 1 aliphatic rings. The number of anilines is 1. The van der Waals surface area contributed by atoms with Crippen LogP contribution in [0.2, 0.25) is 0 Å². The van der Waals surface area contributed by atoms with E-state index in [2.05, 4.69) is 10.3 Å². The second kappa shape index (κ2) is 9.07. The smallest absolute Gasteiger partial charge is 0.243 e. The molecule has 150 valence electrons. The summed E-state index contributed by atoms with van der Waals surface area (Å²) in [5, 5.41) is 3.01. The fourth-order valence-corrected chi connectivity index (χ4v) is 4.58. The molecule has 7 nitrogen and oxygen atoms in total. The summed E-state index contributed by atoms with van der Waals surface area (Å²) in [6, 6.07) is 14.2. The van der Waals surface area contributed by atoms with E-state index in [1.165, 1.54) is 0 Å². The van der Waals surface area contributed by atoms with Crippen LogP contribution in [0.25, 0.3) is 0 Å². The van der Waals surface area contributed by atoms with E-state index in [-0.39, 0.29) is 5.96 Å². The average molecular weight is 403 g/mol. The average Bonchev–Trinajstić information content (AvgIpc) is 2.74. The molecule has 28 heavy (non-hydrogen) atoms. The lowest BCUT2D eigenvalue weighted by Gasteiger charge is -2.25. The zero-order valence-corrected chi connectivity index (χ0v) is 16.8. The monoisotopic (exact) mass is 402 g/mol. The molecule has 0 unspecified atom stereocenters. The standard InChI is InChI=1S/C20H26N4O3S/c1-27-18-9-7-17(8-10-18)23-20(21)22-15-16-5-11-19(12-6-16)28(25,26)24-13-3-2-4-14-24/h5-12H,2-4,13-15H2,1H3,(H3,21,22,23). The van der Waals surface area contributed by atoms with Crippen LogP contribution >= 0.6 is 0 Å². The van der Waals surface area contributed by atoms with Crippen molar-refractivity contribution in [2.75, 3.05) is 25.5 Å². The lowest BCUT2D eigenvalue weighted by atomic mass is 10.2. The molecule has 2 aromatic carbocycles. The summed E-state index contributed by atoms with van der Waals surface area (Å²) < 4.78 is 32.0. The molecule has 1 heterocycles. The van der Waals surface area contributed by atoms with E-state index in [1.54, 1.807) is 35.7 Å². The summed E-state index contributed by atoms with van der Waals surface area (Å²) in [5.74, 6) is 1.05. The summed E-state index contributed by atoms with van der Waals surface area (Å²) in [7, 11) is -1.79. The summed E-state index contributed by atoms with van der Waals surface area (Å²) in [5.41, 5.74) is 7.62. The molecule has 0 bridgehead atoms. The summed E-state index contributed by atoms with van der Waals surface area (Å²) in [6.45, 7) is 1.56. The molecule has 0 spiro atoms. The van der Waals surface area contributed by atoms with Crippen LogP contribution in [0.5, 0.6) is 5.75 Å². The Balaban J connectivity index is 1.60. The largest absolute Gasteiger partial charge is 0.497 e. The van der Waals surface area contributed by atoms with Gasteiger partial charge in [0.2, 0.25) is 10.0 Å². The van der Waals surface area contributed by atoms with Crippen molar-refractivity contribution >= 4 is 21.7 Å². The van der Waals surface area contributed by atoms with Crippen LogP contribution in [0, 0.1) is 0 Å². The van der Waals surface area contributed by atoms with Crippen molar-refractivity contribution in [3.63, 3.8) is 0 Å². The van der Waals surface area contributed by atoms with Gasteiger partial charge in [-0.2, -0.15) is 4.31 Å². The van der Waals surface area contributed by atoms with Crippen LogP contribution in [0.15, 0.2) is 58.4 Å². The number of rotatable bonds is 6. The highest BCUT2D eigenvalue weighted by Crippen LogP contribution is 2.21. The maximum Gasteiger partial charge on any atom is 0.243 e. The molecule has 2 aromatic rings. The second-order valence-corrected chi connectivity index (χ2v) is 8.60. The van der Waals surface area contributed by atoms with E-state index in [0.717, 1.165) is 36.3 Å². The fraction of sp³-hybridized carbons (Fsp3) is 0.350. The highest BCUT2D eigenvalue weighted by molar-refractivity contribution is 7.89. The van der Waals surface area contributed by atoms with Gasteiger partial charge >= 0.3 is 0 Å². The predicted octanol–water partition coefficient (Wildman–Crippen LogP) is 2.80. The number of hydrogen-bond acceptors (Lipinski definition) is 4. The molecule has 3 rings (SSSR count). The van der Waals surface area contributed by atoms with E-state index in [0.29, 0.717) is 24.5 Å². The molecule has 0 saturated carbocycles. The molecule has 1 aliphatic heterocycles. The molecular weight excluding hydrogens is 376 g/mol. The molecule has 0 aliphatic carbocycles. The number of nitrogens with one attached hydrogen (secondary N) is 1. The first-order valence-electron chi connectivity index (χ1n) is 9.29. The maximum atomic E-state index is 12.7. The number of piperidine rings is 1. The van der Waals surface area contributed by atoms with Crippen molar-refractivity contribution in [2.24, 2.45) is 10.7 Å². The SMILES string of the molecule is COc1ccc(NC(N)=NCc2ccc(S(=O)(=O)N3CCCCC3)cc2)cc1. The quantitative estimate of drug-likeness (QED) is 0.572. The molecule has 1 fully saturated rings. The number of guanidine groups is 1. The van der Waals surface area contributed by atoms with E-state index < -0.39 is 10.0 Å². The zero-order valence-electron chi connectivity index (χ0n) is 16.0. The van der Waals surface area contributed by atoms with Gasteiger partial charge < -0.3 is 15.8 Å². The third-order valence-electron chi connectivity index (χ3n) is 4.67. The van der Waals surface area contributed by atoms with Crippen LogP contribution < -0.4 is 15.8 Å². The van der Waals surface area contributed by atoms with Gasteiger partial charge in [0.25, 0.3) is 0 Å². The Bertz CT molecular complexity index is 903. The van der Waals surface area contributed by atoms with Gasteiger partial charge in [0.1, 0.15) is 5.75 Å². The number of sulfonamides is 1. The van der Waals surface area contributed by atoms with Gasteiger partial charge in [0, 0.05) is 18.8 Å². The van der Waals surface area contributed by atoms with Crippen LogP contribution in [-0.2, 0) is 16.6 Å².